The predicted molar refractivity (Wildman–Crippen MR) is 43.3 cm³/mol. The number of hydrogen-bond donors (Lipinski definition) is 0. The van der Waals surface area contributed by atoms with Gasteiger partial charge in [0.15, 0.2) is 0 Å². The molecule has 0 atom stereocenters. The maximum atomic E-state index is 10.2. The Bertz CT molecular complexity index is 198. The van der Waals surface area contributed by atoms with E-state index in [9.17, 15) is 13.0 Å². The van der Waals surface area contributed by atoms with Crippen LogP contribution in [0.25, 0.3) is 0 Å². The number of hydrogen-bond acceptors (Lipinski definition) is 3. The van der Waals surface area contributed by atoms with Gasteiger partial charge in [-0.15, -0.1) is 0 Å². The molecule has 0 saturated carbocycles. The fourth-order valence-corrected chi connectivity index (χ4v) is 1.28. The Kier molecular flexibility index (Phi) is 3.51. The van der Waals surface area contributed by atoms with Crippen molar-refractivity contribution in [3.05, 3.63) is 0 Å². The summed E-state index contributed by atoms with van der Waals surface area (Å²) in [4.78, 5) is 0. The van der Waals surface area contributed by atoms with Crippen LogP contribution in [0.4, 0.5) is 0 Å². The van der Waals surface area contributed by atoms with Gasteiger partial charge in [0, 0.05) is 5.75 Å². The van der Waals surface area contributed by atoms with E-state index in [0.717, 1.165) is 6.42 Å². The third kappa shape index (κ3) is 9.91. The zero-order valence-corrected chi connectivity index (χ0v) is 8.07. The van der Waals surface area contributed by atoms with Crippen LogP contribution in [0.5, 0.6) is 0 Å². The second-order valence-electron chi connectivity index (χ2n) is 3.93. The van der Waals surface area contributed by atoms with Gasteiger partial charge in [-0.25, -0.2) is 8.42 Å². The van der Waals surface area contributed by atoms with E-state index < -0.39 is 10.1 Å². The Morgan fingerprint density at radius 1 is 1.27 bits per heavy atom. The zero-order valence-electron chi connectivity index (χ0n) is 7.25. The van der Waals surface area contributed by atoms with Crippen LogP contribution in [-0.2, 0) is 10.1 Å². The molecule has 3 nitrogen and oxygen atoms in total. The van der Waals surface area contributed by atoms with E-state index in [0.29, 0.717) is 6.42 Å². The van der Waals surface area contributed by atoms with Gasteiger partial charge >= 0.3 is 0 Å². The van der Waals surface area contributed by atoms with E-state index >= 15 is 0 Å². The lowest BCUT2D eigenvalue weighted by molar-refractivity contribution is 0.370. The van der Waals surface area contributed by atoms with E-state index in [4.69, 9.17) is 0 Å². The lowest BCUT2D eigenvalue weighted by atomic mass is 9.91. The minimum atomic E-state index is -4.00. The van der Waals surface area contributed by atoms with Crippen LogP contribution in [0.3, 0.4) is 0 Å². The number of rotatable bonds is 3. The quantitative estimate of drug-likeness (QED) is 0.614. The average Bonchev–Trinajstić information content (AvgIpc) is 1.55. The van der Waals surface area contributed by atoms with Crippen LogP contribution in [-0.4, -0.2) is 18.7 Å². The molecule has 68 valence electrons. The van der Waals surface area contributed by atoms with Crippen LogP contribution >= 0.6 is 0 Å². The first kappa shape index (κ1) is 10.9. The molecule has 0 N–H and O–H groups in total. The highest BCUT2D eigenvalue weighted by atomic mass is 32.2. The SMILES string of the molecule is CC(C)(C)CCCS(=O)(=O)[O-]. The molecule has 0 aliphatic rings. The van der Waals surface area contributed by atoms with Crippen LogP contribution in [0.1, 0.15) is 33.6 Å². The summed E-state index contributed by atoms with van der Waals surface area (Å²) < 4.78 is 30.5. The maximum Gasteiger partial charge on any atom is 0.0945 e. The molecule has 0 rings (SSSR count). The molecule has 0 heterocycles. The Labute approximate surface area is 68.6 Å². The predicted octanol–water partition coefficient (Wildman–Crippen LogP) is 1.36. The van der Waals surface area contributed by atoms with Crippen molar-refractivity contribution >= 4 is 10.1 Å². The van der Waals surface area contributed by atoms with Crippen molar-refractivity contribution in [2.75, 3.05) is 5.75 Å². The summed E-state index contributed by atoms with van der Waals surface area (Å²) >= 11 is 0. The Morgan fingerprint density at radius 2 is 1.73 bits per heavy atom. The second-order valence-corrected chi connectivity index (χ2v) is 5.45. The fraction of sp³-hybridized carbons (Fsp3) is 1.00. The lowest BCUT2D eigenvalue weighted by Gasteiger charge is -2.18. The topological polar surface area (TPSA) is 57.2 Å². The van der Waals surface area contributed by atoms with Crippen molar-refractivity contribution < 1.29 is 13.0 Å². The molecule has 0 bridgehead atoms. The van der Waals surface area contributed by atoms with Gasteiger partial charge in [0.1, 0.15) is 0 Å². The largest absolute Gasteiger partial charge is 0.748 e. The van der Waals surface area contributed by atoms with Gasteiger partial charge in [0.2, 0.25) is 0 Å². The minimum absolute atomic E-state index is 0.116. The molecule has 0 aromatic heterocycles. The first-order valence-corrected chi connectivity index (χ1v) is 5.22. The third-order valence-corrected chi connectivity index (χ3v) is 2.11. The second kappa shape index (κ2) is 3.54. The first-order chi connectivity index (χ1) is 4.71. The molecule has 11 heavy (non-hydrogen) atoms. The maximum absolute atomic E-state index is 10.2. The van der Waals surface area contributed by atoms with Crippen molar-refractivity contribution in [1.29, 1.82) is 0 Å². The van der Waals surface area contributed by atoms with Crippen LogP contribution < -0.4 is 0 Å². The molecule has 0 fully saturated rings. The van der Waals surface area contributed by atoms with Gasteiger partial charge in [0.05, 0.1) is 10.1 Å². The Morgan fingerprint density at radius 3 is 2.00 bits per heavy atom. The van der Waals surface area contributed by atoms with E-state index in [1.807, 2.05) is 20.8 Å². The van der Waals surface area contributed by atoms with E-state index in [-0.39, 0.29) is 11.2 Å². The van der Waals surface area contributed by atoms with Gasteiger partial charge in [-0.3, -0.25) is 0 Å². The zero-order chi connectivity index (χ0) is 9.12. The molecular formula is C7H15O3S-. The van der Waals surface area contributed by atoms with Gasteiger partial charge < -0.3 is 4.55 Å². The van der Waals surface area contributed by atoms with Crippen molar-refractivity contribution in [3.63, 3.8) is 0 Å². The monoisotopic (exact) mass is 179 g/mol. The first-order valence-electron chi connectivity index (χ1n) is 3.64. The summed E-state index contributed by atoms with van der Waals surface area (Å²) in [5, 5.41) is 0. The summed E-state index contributed by atoms with van der Waals surface area (Å²) in [6.45, 7) is 6.05. The highest BCUT2D eigenvalue weighted by molar-refractivity contribution is 7.85. The van der Waals surface area contributed by atoms with Crippen LogP contribution in [0.2, 0.25) is 0 Å². The van der Waals surface area contributed by atoms with Gasteiger partial charge in [-0.1, -0.05) is 20.8 Å². The average molecular weight is 179 g/mol. The van der Waals surface area contributed by atoms with Crippen LogP contribution in [0, 0.1) is 5.41 Å². The third-order valence-electron chi connectivity index (χ3n) is 1.32. The van der Waals surface area contributed by atoms with Crippen LogP contribution in [0.15, 0.2) is 0 Å². The molecule has 0 amide bonds. The molecular weight excluding hydrogens is 164 g/mol. The molecule has 0 unspecified atom stereocenters. The standard InChI is InChI=1S/C7H16O3S/c1-7(2,3)5-4-6-11(8,9)10/h4-6H2,1-3H3,(H,8,9,10)/p-1. The molecule has 0 spiro atoms. The fourth-order valence-electron chi connectivity index (χ4n) is 0.779. The van der Waals surface area contributed by atoms with E-state index in [1.165, 1.54) is 0 Å². The summed E-state index contributed by atoms with van der Waals surface area (Å²) in [6, 6.07) is 0. The Hall–Kier alpha value is -0.0900. The van der Waals surface area contributed by atoms with Gasteiger partial charge in [0.25, 0.3) is 0 Å². The molecule has 0 radical (unpaired) electrons. The van der Waals surface area contributed by atoms with Gasteiger partial charge in [-0.05, 0) is 18.3 Å². The summed E-state index contributed by atoms with van der Waals surface area (Å²) in [5.74, 6) is -0.232. The summed E-state index contributed by atoms with van der Waals surface area (Å²) in [6.07, 6.45) is 1.24. The molecule has 0 saturated heterocycles. The minimum Gasteiger partial charge on any atom is -0.748 e. The molecule has 0 aromatic carbocycles. The summed E-state index contributed by atoms with van der Waals surface area (Å²) in [5.41, 5.74) is 0.116. The normalized spacial score (nSPS) is 13.5. The highest BCUT2D eigenvalue weighted by Crippen LogP contribution is 2.20. The van der Waals surface area contributed by atoms with Crippen molar-refractivity contribution in [2.45, 2.75) is 33.6 Å². The van der Waals surface area contributed by atoms with Gasteiger partial charge in [-0.2, -0.15) is 0 Å². The van der Waals surface area contributed by atoms with Crippen molar-refractivity contribution in [1.82, 2.24) is 0 Å². The Balaban J connectivity index is 3.61. The van der Waals surface area contributed by atoms with E-state index in [2.05, 4.69) is 0 Å². The van der Waals surface area contributed by atoms with Crippen molar-refractivity contribution in [3.8, 4) is 0 Å². The van der Waals surface area contributed by atoms with Crippen molar-refractivity contribution in [2.24, 2.45) is 5.41 Å². The molecule has 0 aliphatic heterocycles. The molecule has 0 aliphatic carbocycles. The smallest absolute Gasteiger partial charge is 0.0945 e. The lowest BCUT2D eigenvalue weighted by Crippen LogP contribution is -2.10. The van der Waals surface area contributed by atoms with E-state index in [1.54, 1.807) is 0 Å². The molecule has 4 heteroatoms. The molecule has 0 aromatic rings. The highest BCUT2D eigenvalue weighted by Gasteiger charge is 2.09. The summed E-state index contributed by atoms with van der Waals surface area (Å²) in [7, 11) is -4.00.